The average Bonchev–Trinajstić information content (AvgIpc) is 0.775. The quantitative estimate of drug-likeness (QED) is 0.0379. The summed E-state index contributed by atoms with van der Waals surface area (Å²) in [5.41, 5.74) is 14.5. The van der Waals surface area contributed by atoms with Gasteiger partial charge in [0.25, 0.3) is 0 Å². The van der Waals surface area contributed by atoms with Gasteiger partial charge in [0.1, 0.15) is 108 Å². The zero-order valence-corrected chi connectivity index (χ0v) is 68.2. The topological polar surface area (TPSA) is 162 Å². The van der Waals surface area contributed by atoms with Gasteiger partial charge in [-0.1, -0.05) is 226 Å². The fourth-order valence-electron chi connectivity index (χ4n) is 15.4. The Morgan fingerprint density at radius 2 is 0.447 bits per heavy atom. The van der Waals surface area contributed by atoms with Crippen LogP contribution in [0.25, 0.3) is 32.3 Å². The van der Waals surface area contributed by atoms with Gasteiger partial charge < -0.3 is 56.8 Å². The number of hydrogen-bond acceptors (Lipinski definition) is 15. The normalized spacial score (nSPS) is 12.4. The summed E-state index contributed by atoms with van der Waals surface area (Å²) in [4.78, 5) is 40.3. The summed E-state index contributed by atoms with van der Waals surface area (Å²) in [6.45, 7) is 20.7. The van der Waals surface area contributed by atoms with Crippen LogP contribution in [0.15, 0.2) is 200 Å². The Labute approximate surface area is 669 Å². The molecule has 0 N–H and O–H groups in total. The van der Waals surface area contributed by atoms with Crippen LogP contribution in [0, 0.1) is 0 Å². The Kier molecular flexibility index (Phi) is 24.3. The molecule has 12 aromatic rings. The van der Waals surface area contributed by atoms with Gasteiger partial charge in [-0.3, -0.25) is 0 Å². The fraction of sp³-hybridized carbons (Fsp3) is 0.303. The van der Waals surface area contributed by atoms with Gasteiger partial charge in [0.2, 0.25) is 0 Å². The number of benzene rings is 12. The number of hydrogen-bond donors (Lipinski definition) is 0. The van der Waals surface area contributed by atoms with Gasteiger partial charge in [-0.15, -0.1) is 0 Å². The van der Waals surface area contributed by atoms with Crippen molar-refractivity contribution < 1.29 is 71.2 Å². The first-order valence-corrected chi connectivity index (χ1v) is 38.9. The number of ether oxygens (including phenoxy) is 12. The number of carbonyl (C=O) groups is 3. The van der Waals surface area contributed by atoms with E-state index >= 15 is 0 Å². The van der Waals surface area contributed by atoms with Gasteiger partial charge in [-0.25, -0.2) is 14.4 Å². The number of methoxy groups -OCH3 is 6. The van der Waals surface area contributed by atoms with E-state index in [1.165, 1.54) is 21.3 Å². The summed E-state index contributed by atoms with van der Waals surface area (Å²) in [5, 5.41) is 5.38. The Morgan fingerprint density at radius 1 is 0.246 bits per heavy atom. The van der Waals surface area contributed by atoms with Crippen molar-refractivity contribution in [3.8, 4) is 51.7 Å². The molecule has 0 spiro atoms. The molecule has 0 amide bonds. The van der Waals surface area contributed by atoms with Crippen molar-refractivity contribution in [2.45, 2.75) is 117 Å². The van der Waals surface area contributed by atoms with E-state index in [1.807, 2.05) is 91.0 Å². The minimum atomic E-state index is -0.508. The molecule has 0 saturated heterocycles. The van der Waals surface area contributed by atoms with Gasteiger partial charge in [0, 0.05) is 38.5 Å². The molecule has 12 aromatic carbocycles. The molecule has 0 saturated carbocycles. The maximum Gasteiger partial charge on any atom is 0.341 e. The van der Waals surface area contributed by atoms with E-state index in [1.54, 1.807) is 39.5 Å². The van der Waals surface area contributed by atoms with E-state index in [4.69, 9.17) is 56.8 Å². The predicted octanol–water partition coefficient (Wildman–Crippen LogP) is 20.7. The highest BCUT2D eigenvalue weighted by molar-refractivity contribution is 6.00. The van der Waals surface area contributed by atoms with Crippen molar-refractivity contribution in [3.05, 3.63) is 300 Å². The second kappa shape index (κ2) is 34.6. The zero-order valence-electron chi connectivity index (χ0n) is 68.2. The van der Waals surface area contributed by atoms with E-state index in [9.17, 15) is 14.4 Å². The van der Waals surface area contributed by atoms with Crippen molar-refractivity contribution in [3.63, 3.8) is 0 Å². The number of fused-ring (bicyclic) bond motifs is 15. The number of carbonyl (C=O) groups excluding carboxylic acids is 3. The SMILES string of the molecule is COC(=O)c1cc2ccccc2cc1OCCOc1c2cccc1Cc1cc(C(C)(C)C)cc(c1OC)Cc1cccc(c1OCCOc1cc3ccccc3cc1C(=O)OC)Cc1cc(C(C)(C)C)cc(c1OC)Cc1cccc(c1OCCOc1cc3ccccc3cc1C(=O)OC)Cc1cc(C(C)(C)C)cc(c1OC)C2. The van der Waals surface area contributed by atoms with Crippen LogP contribution in [-0.2, 0) is 69.0 Å². The molecule has 0 heterocycles. The summed E-state index contributed by atoms with van der Waals surface area (Å²) >= 11 is 0. The van der Waals surface area contributed by atoms with E-state index < -0.39 is 17.9 Å². The second-order valence-corrected chi connectivity index (χ2v) is 32.2. The lowest BCUT2D eigenvalue weighted by molar-refractivity contribution is 0.0586. The van der Waals surface area contributed by atoms with E-state index in [0.29, 0.717) is 89.7 Å². The van der Waals surface area contributed by atoms with Gasteiger partial charge in [-0.05, 0) is 168 Å². The van der Waals surface area contributed by atoms with Crippen LogP contribution in [0.4, 0.5) is 0 Å². The first-order valence-electron chi connectivity index (χ1n) is 38.9. The molecule has 1 aliphatic carbocycles. The molecule has 114 heavy (non-hydrogen) atoms. The van der Waals surface area contributed by atoms with Crippen LogP contribution in [0.1, 0.15) is 177 Å². The summed E-state index contributed by atoms with van der Waals surface area (Å²) in [5.74, 6) is 3.82. The monoisotopic (exact) mass is 1530 g/mol. The van der Waals surface area contributed by atoms with Crippen LogP contribution in [0.2, 0.25) is 0 Å². The van der Waals surface area contributed by atoms with Gasteiger partial charge in [0.15, 0.2) is 0 Å². The molecule has 0 aliphatic heterocycles. The third-order valence-corrected chi connectivity index (χ3v) is 21.3. The molecular weight excluding hydrogens is 1430 g/mol. The molecule has 0 fully saturated rings. The third-order valence-electron chi connectivity index (χ3n) is 21.3. The highest BCUT2D eigenvalue weighted by Crippen LogP contribution is 2.45. The van der Waals surface area contributed by atoms with Crippen molar-refractivity contribution in [2.24, 2.45) is 0 Å². The molecule has 0 radical (unpaired) electrons. The number of rotatable bonds is 21. The Morgan fingerprint density at radius 3 is 0.640 bits per heavy atom. The van der Waals surface area contributed by atoms with Crippen LogP contribution in [0.3, 0.4) is 0 Å². The van der Waals surface area contributed by atoms with Crippen molar-refractivity contribution in [2.75, 3.05) is 82.3 Å². The molecule has 1 aliphatic rings. The maximum absolute atomic E-state index is 13.4. The Bertz CT molecular complexity index is 4890. The lowest BCUT2D eigenvalue weighted by atomic mass is 9.81. The molecule has 588 valence electrons. The molecule has 0 unspecified atom stereocenters. The minimum Gasteiger partial charge on any atom is -0.496 e. The molecule has 12 bridgehead atoms. The fourth-order valence-corrected chi connectivity index (χ4v) is 15.4. The molecular formula is C99H102O15. The Balaban J connectivity index is 0.980. The first-order chi connectivity index (χ1) is 54.8. The number of esters is 3. The highest BCUT2D eigenvalue weighted by Gasteiger charge is 2.30. The van der Waals surface area contributed by atoms with Crippen molar-refractivity contribution >= 4 is 50.2 Å². The lowest BCUT2D eigenvalue weighted by Crippen LogP contribution is -2.16. The standard InChI is InChI=1S/C99H102O15/c1-97(2,3)79-49-73-43-67-31-22-33-69(91(67)112-40-37-109-85-58-64-28-19-16-25-61(64)55-82(85)94(100)106-13)45-75-51-80(98(4,5)6)53-77(89(75)104-11)47-71-35-24-36-72(93(71)114-42-39-111-87-60-66-30-21-18-27-63(66)57-84(87)96(102)108-15)48-78-54-81(99(7,8)9)52-76(90(78)105-12)46-70-34-23-32-68(44-74(50-79)88(73)103-10)92(70)113-41-38-110-86-59-65-29-20-17-26-62(65)56-83(86)95(101)107-14/h16-36,49-60H,37-48H2,1-15H3. The lowest BCUT2D eigenvalue weighted by Gasteiger charge is -2.26. The summed E-state index contributed by atoms with van der Waals surface area (Å²) in [7, 11) is 9.33. The third kappa shape index (κ3) is 17.9. The molecule has 0 aromatic heterocycles. The van der Waals surface area contributed by atoms with E-state index in [2.05, 4.69) is 153 Å². The molecule has 15 nitrogen and oxygen atoms in total. The van der Waals surface area contributed by atoms with E-state index in [-0.39, 0.29) is 55.9 Å². The van der Waals surface area contributed by atoms with Crippen LogP contribution in [0.5, 0.6) is 51.7 Å². The van der Waals surface area contributed by atoms with E-state index in [0.717, 1.165) is 133 Å². The van der Waals surface area contributed by atoms with Crippen LogP contribution in [-0.4, -0.2) is 100 Å². The average molecular weight is 1530 g/mol. The first kappa shape index (κ1) is 80.1. The van der Waals surface area contributed by atoms with Crippen LogP contribution < -0.4 is 42.6 Å². The maximum atomic E-state index is 13.4. The van der Waals surface area contributed by atoms with Gasteiger partial charge in [0.05, 0.1) is 42.7 Å². The Hall–Kier alpha value is -12.0. The van der Waals surface area contributed by atoms with Crippen LogP contribution >= 0.6 is 0 Å². The minimum absolute atomic E-state index is 0.0899. The molecule has 0 atom stereocenters. The predicted molar refractivity (Wildman–Crippen MR) is 450 cm³/mol. The smallest absolute Gasteiger partial charge is 0.341 e. The molecule has 15 heteroatoms. The largest absolute Gasteiger partial charge is 0.496 e. The summed E-state index contributed by atoms with van der Waals surface area (Å²) < 4.78 is 77.3. The zero-order chi connectivity index (χ0) is 80.6. The number of para-hydroxylation sites is 3. The van der Waals surface area contributed by atoms with Crippen molar-refractivity contribution in [1.82, 2.24) is 0 Å². The van der Waals surface area contributed by atoms with Gasteiger partial charge in [-0.2, -0.15) is 0 Å². The van der Waals surface area contributed by atoms with Gasteiger partial charge >= 0.3 is 17.9 Å². The summed E-state index contributed by atoms with van der Waals surface area (Å²) in [6.07, 6.45) is 2.42. The molecule has 13 rings (SSSR count). The second-order valence-electron chi connectivity index (χ2n) is 32.2. The summed E-state index contributed by atoms with van der Waals surface area (Å²) in [6, 6.07) is 67.1. The van der Waals surface area contributed by atoms with Crippen molar-refractivity contribution in [1.29, 1.82) is 0 Å². The highest BCUT2D eigenvalue weighted by atomic mass is 16.6.